The molecule has 0 saturated carbocycles. The number of hydrogen-bond acceptors (Lipinski definition) is 6. The molecule has 0 aromatic carbocycles. The Balaban J connectivity index is 1.57. The molecule has 2 saturated heterocycles. The van der Waals surface area contributed by atoms with Crippen LogP contribution in [0.4, 0.5) is 11.8 Å². The van der Waals surface area contributed by atoms with Crippen molar-refractivity contribution in [1.82, 2.24) is 14.9 Å². The van der Waals surface area contributed by atoms with Crippen molar-refractivity contribution in [2.24, 2.45) is 0 Å². The van der Waals surface area contributed by atoms with E-state index in [0.717, 1.165) is 38.3 Å². The van der Waals surface area contributed by atoms with Gasteiger partial charge in [0.15, 0.2) is 0 Å². The zero-order chi connectivity index (χ0) is 16.8. The molecule has 3 rings (SSSR count). The highest BCUT2D eigenvalue weighted by molar-refractivity contribution is 5.69. The molecule has 2 aliphatic rings. The molecule has 2 N–H and O–H groups in total. The summed E-state index contributed by atoms with van der Waals surface area (Å²) in [5, 5.41) is 12.3. The molecule has 1 aromatic heterocycles. The Bertz CT molecular complexity index is 546. The Morgan fingerprint density at radius 1 is 1.21 bits per heavy atom. The normalized spacial score (nSPS) is 22.3. The molecular weight excluding hydrogens is 306 g/mol. The van der Waals surface area contributed by atoms with Crippen LogP contribution in [0.1, 0.15) is 38.5 Å². The molecule has 0 bridgehead atoms. The number of carboxylic acids is 1. The number of nitrogens with zero attached hydrogens (tertiary/aromatic N) is 4. The maximum absolute atomic E-state index is 10.9. The van der Waals surface area contributed by atoms with Crippen LogP contribution < -0.4 is 10.2 Å². The molecule has 7 nitrogen and oxygen atoms in total. The minimum Gasteiger partial charge on any atom is -0.480 e. The molecule has 0 radical (unpaired) electrons. The van der Waals surface area contributed by atoms with E-state index in [1.165, 1.54) is 25.7 Å². The van der Waals surface area contributed by atoms with Crippen molar-refractivity contribution >= 4 is 17.7 Å². The minimum atomic E-state index is -0.763. The largest absolute Gasteiger partial charge is 0.480 e. The number of likely N-dealkylation sites (tertiary alicyclic amines) is 1. The Labute approximate surface area is 143 Å². The molecule has 1 unspecified atom stereocenters. The fourth-order valence-electron chi connectivity index (χ4n) is 3.63. The lowest BCUT2D eigenvalue weighted by Gasteiger charge is -2.24. The summed E-state index contributed by atoms with van der Waals surface area (Å²) in [5.41, 5.74) is 0. The van der Waals surface area contributed by atoms with Crippen molar-refractivity contribution in [1.29, 1.82) is 0 Å². The topological polar surface area (TPSA) is 81.6 Å². The molecule has 2 aliphatic heterocycles. The van der Waals surface area contributed by atoms with Gasteiger partial charge in [0.1, 0.15) is 5.82 Å². The lowest BCUT2D eigenvalue weighted by molar-refractivity contribution is -0.138. The van der Waals surface area contributed by atoms with Crippen LogP contribution in [0.25, 0.3) is 0 Å². The molecular formula is C17H27N5O2. The molecule has 3 heterocycles. The Morgan fingerprint density at radius 2 is 2.00 bits per heavy atom. The van der Waals surface area contributed by atoms with Gasteiger partial charge < -0.3 is 15.3 Å². The van der Waals surface area contributed by atoms with Gasteiger partial charge in [-0.15, -0.1) is 0 Å². The molecule has 0 spiro atoms. The van der Waals surface area contributed by atoms with Crippen LogP contribution in [0, 0.1) is 0 Å². The summed E-state index contributed by atoms with van der Waals surface area (Å²) in [6.45, 7) is 3.78. The predicted octanol–water partition coefficient (Wildman–Crippen LogP) is 1.82. The zero-order valence-electron chi connectivity index (χ0n) is 14.2. The van der Waals surface area contributed by atoms with Crippen LogP contribution in [0.2, 0.25) is 0 Å². The third-order valence-corrected chi connectivity index (χ3v) is 4.90. The molecule has 0 aliphatic carbocycles. The fraction of sp³-hybridized carbons (Fsp3) is 0.706. The summed E-state index contributed by atoms with van der Waals surface area (Å²) >= 11 is 0. The van der Waals surface area contributed by atoms with Gasteiger partial charge >= 0.3 is 5.97 Å². The van der Waals surface area contributed by atoms with E-state index in [4.69, 9.17) is 5.11 Å². The van der Waals surface area contributed by atoms with E-state index in [0.29, 0.717) is 12.5 Å². The van der Waals surface area contributed by atoms with E-state index in [1.807, 2.05) is 11.0 Å². The molecule has 2 fully saturated rings. The molecule has 7 heteroatoms. The van der Waals surface area contributed by atoms with Crippen molar-refractivity contribution in [3.05, 3.63) is 12.3 Å². The number of nitrogens with one attached hydrogen (secondary N) is 1. The van der Waals surface area contributed by atoms with Crippen molar-refractivity contribution < 1.29 is 9.90 Å². The monoisotopic (exact) mass is 333 g/mol. The second kappa shape index (κ2) is 8.28. The first kappa shape index (κ1) is 17.0. The maximum atomic E-state index is 10.9. The lowest BCUT2D eigenvalue weighted by atomic mass is 10.2. The average molecular weight is 333 g/mol. The van der Waals surface area contributed by atoms with Gasteiger partial charge in [-0.2, -0.15) is 4.98 Å². The second-order valence-corrected chi connectivity index (χ2v) is 6.68. The van der Waals surface area contributed by atoms with Gasteiger partial charge in [0, 0.05) is 31.9 Å². The number of aliphatic carboxylic acids is 1. The van der Waals surface area contributed by atoms with Crippen LogP contribution in [0.5, 0.6) is 0 Å². The lowest BCUT2D eigenvalue weighted by Crippen LogP contribution is -2.38. The molecule has 0 amide bonds. The number of carbonyl (C=O) groups is 1. The van der Waals surface area contributed by atoms with E-state index in [-0.39, 0.29) is 12.6 Å². The number of aromatic nitrogens is 2. The first-order valence-corrected chi connectivity index (χ1v) is 9.00. The average Bonchev–Trinajstić information content (AvgIpc) is 2.84. The number of carboxylic acid groups (broad SMARTS) is 1. The van der Waals surface area contributed by atoms with Gasteiger partial charge in [-0.3, -0.25) is 9.69 Å². The summed E-state index contributed by atoms with van der Waals surface area (Å²) in [6, 6.07) is 2.22. The number of hydrogen-bond donors (Lipinski definition) is 2. The Morgan fingerprint density at radius 3 is 2.75 bits per heavy atom. The van der Waals surface area contributed by atoms with E-state index < -0.39 is 5.97 Å². The maximum Gasteiger partial charge on any atom is 0.317 e. The minimum absolute atomic E-state index is 0.112. The third kappa shape index (κ3) is 4.56. The zero-order valence-corrected chi connectivity index (χ0v) is 14.2. The van der Waals surface area contributed by atoms with Gasteiger partial charge in [-0.25, -0.2) is 4.98 Å². The summed E-state index contributed by atoms with van der Waals surface area (Å²) in [4.78, 5) is 24.3. The van der Waals surface area contributed by atoms with Crippen LogP contribution in [-0.2, 0) is 4.79 Å². The summed E-state index contributed by atoms with van der Waals surface area (Å²) in [6.07, 6.45) is 8.92. The smallest absolute Gasteiger partial charge is 0.317 e. The van der Waals surface area contributed by atoms with E-state index in [9.17, 15) is 4.79 Å². The van der Waals surface area contributed by atoms with Crippen molar-refractivity contribution in [3.8, 4) is 0 Å². The molecule has 24 heavy (non-hydrogen) atoms. The summed E-state index contributed by atoms with van der Waals surface area (Å²) < 4.78 is 0. The van der Waals surface area contributed by atoms with Gasteiger partial charge in [0.25, 0.3) is 0 Å². The van der Waals surface area contributed by atoms with Gasteiger partial charge in [-0.1, -0.05) is 12.8 Å². The summed E-state index contributed by atoms with van der Waals surface area (Å²) in [5.74, 6) is 0.864. The fourth-order valence-corrected chi connectivity index (χ4v) is 3.63. The van der Waals surface area contributed by atoms with Crippen LogP contribution in [0.15, 0.2) is 12.3 Å². The highest BCUT2D eigenvalue weighted by Crippen LogP contribution is 2.19. The van der Waals surface area contributed by atoms with E-state index in [2.05, 4.69) is 20.2 Å². The van der Waals surface area contributed by atoms with Gasteiger partial charge in [0.05, 0.1) is 6.54 Å². The first-order chi connectivity index (χ1) is 11.7. The van der Waals surface area contributed by atoms with Crippen LogP contribution in [-0.4, -0.2) is 64.7 Å². The highest BCUT2D eigenvalue weighted by Gasteiger charge is 2.26. The molecule has 1 atom stereocenters. The number of anilines is 2. The van der Waals surface area contributed by atoms with E-state index in [1.54, 1.807) is 6.20 Å². The van der Waals surface area contributed by atoms with Crippen molar-refractivity contribution in [2.45, 2.75) is 44.6 Å². The van der Waals surface area contributed by atoms with Crippen molar-refractivity contribution in [2.75, 3.05) is 42.9 Å². The Hall–Kier alpha value is -1.89. The van der Waals surface area contributed by atoms with Crippen LogP contribution >= 0.6 is 0 Å². The first-order valence-electron chi connectivity index (χ1n) is 9.00. The Kier molecular flexibility index (Phi) is 5.85. The standard InChI is InChI=1S/C17H27N5O2/c23-16(24)13-22-11-5-6-14(22)12-19-17-18-8-7-15(20-17)21-9-3-1-2-4-10-21/h7-8,14H,1-6,9-13H2,(H,23,24)(H,18,19,20). The van der Waals surface area contributed by atoms with Gasteiger partial charge in [-0.05, 0) is 38.3 Å². The molecule has 1 aromatic rings. The van der Waals surface area contributed by atoms with Crippen molar-refractivity contribution in [3.63, 3.8) is 0 Å². The highest BCUT2D eigenvalue weighted by atomic mass is 16.4. The number of rotatable bonds is 6. The van der Waals surface area contributed by atoms with Crippen LogP contribution in [0.3, 0.4) is 0 Å². The summed E-state index contributed by atoms with van der Waals surface area (Å²) in [7, 11) is 0. The SMILES string of the molecule is O=C(O)CN1CCCC1CNc1nccc(N2CCCCCC2)n1. The molecule has 132 valence electrons. The third-order valence-electron chi connectivity index (χ3n) is 4.90. The predicted molar refractivity (Wildman–Crippen MR) is 93.4 cm³/mol. The quantitative estimate of drug-likeness (QED) is 0.822. The van der Waals surface area contributed by atoms with Gasteiger partial charge in [0.2, 0.25) is 5.95 Å². The second-order valence-electron chi connectivity index (χ2n) is 6.68. The van der Waals surface area contributed by atoms with E-state index >= 15 is 0 Å².